The second kappa shape index (κ2) is 17.7. The number of aromatic nitrogens is 3. The number of aliphatic hydroxyl groups is 1. The fourth-order valence-electron chi connectivity index (χ4n) is 7.02. The lowest BCUT2D eigenvalue weighted by atomic mass is 9.96. The van der Waals surface area contributed by atoms with Crippen LogP contribution in [0.25, 0.3) is 39.2 Å². The quantitative estimate of drug-likeness (QED) is 0.117. The molecule has 6 rings (SSSR count). The van der Waals surface area contributed by atoms with Crippen LogP contribution in [-0.4, -0.2) is 80.0 Å². The van der Waals surface area contributed by atoms with Gasteiger partial charge in [-0.15, -0.1) is 0 Å². The number of halogens is 2. The van der Waals surface area contributed by atoms with Crippen LogP contribution in [-0.2, 0) is 27.2 Å². The minimum atomic E-state index is -0.948. The standard InChI is InChI=1S/C43H46Cl2N6O8/c1-23(52)21-50(42(56)59-43(3,4)5)22-33-24(2)40(54)51-18-17-25(20-35(51)47-33)27-9-7-10-28(37(27)44)29-11-8-12-30(38(29)45)31-14-13-26(39(49-31)57-6)19-34(58-41(46)55)32-15-16-36(53)48-32/h7-14,17-18,20,23,32,34,52H,15-16,19,21-22H2,1-6H3,(H2,46,55)(H,48,53)/t23-,32-,34?/m0/s1. The highest BCUT2D eigenvalue weighted by Crippen LogP contribution is 2.42. The number of rotatable bonds is 12. The van der Waals surface area contributed by atoms with Crippen molar-refractivity contribution in [2.45, 2.75) is 84.3 Å². The Kier molecular flexibility index (Phi) is 12.8. The molecular formula is C43H46Cl2N6O8. The Morgan fingerprint density at radius 2 is 1.68 bits per heavy atom. The average molecular weight is 846 g/mol. The number of methoxy groups -OCH3 is 1. The lowest BCUT2D eigenvalue weighted by Gasteiger charge is -2.28. The Hall–Kier alpha value is -5.70. The van der Waals surface area contributed by atoms with Crippen LogP contribution >= 0.6 is 23.2 Å². The van der Waals surface area contributed by atoms with Gasteiger partial charge in [-0.1, -0.05) is 65.7 Å². The average Bonchev–Trinajstić information content (AvgIpc) is 3.61. The smallest absolute Gasteiger partial charge is 0.410 e. The van der Waals surface area contributed by atoms with E-state index in [9.17, 15) is 24.3 Å². The van der Waals surface area contributed by atoms with Gasteiger partial charge in [0.05, 0.1) is 53.8 Å². The highest BCUT2D eigenvalue weighted by atomic mass is 35.5. The number of benzene rings is 2. The molecule has 4 N–H and O–H groups in total. The number of amides is 3. The molecule has 16 heteroatoms. The third-order valence-electron chi connectivity index (χ3n) is 9.81. The zero-order valence-electron chi connectivity index (χ0n) is 33.5. The summed E-state index contributed by atoms with van der Waals surface area (Å²) in [6.45, 7) is 8.39. The molecule has 0 aliphatic carbocycles. The molecule has 1 aliphatic rings. The lowest BCUT2D eigenvalue weighted by molar-refractivity contribution is -0.119. The monoisotopic (exact) mass is 844 g/mol. The second-order valence-electron chi connectivity index (χ2n) is 15.4. The molecule has 1 fully saturated rings. The summed E-state index contributed by atoms with van der Waals surface area (Å²) in [7, 11) is 1.48. The predicted molar refractivity (Wildman–Crippen MR) is 225 cm³/mol. The Morgan fingerprint density at radius 1 is 1.02 bits per heavy atom. The lowest BCUT2D eigenvalue weighted by Crippen LogP contribution is -2.42. The van der Waals surface area contributed by atoms with Crippen molar-refractivity contribution in [2.75, 3.05) is 13.7 Å². The number of carbonyl (C=O) groups excluding carboxylic acids is 3. The van der Waals surface area contributed by atoms with Crippen molar-refractivity contribution >= 4 is 46.9 Å². The molecule has 4 heterocycles. The van der Waals surface area contributed by atoms with Crippen molar-refractivity contribution in [1.82, 2.24) is 24.6 Å². The molecule has 5 aromatic rings. The van der Waals surface area contributed by atoms with E-state index < -0.39 is 36.0 Å². The minimum Gasteiger partial charge on any atom is -0.481 e. The first-order valence-electron chi connectivity index (χ1n) is 19.0. The number of pyridine rings is 2. The van der Waals surface area contributed by atoms with Crippen molar-refractivity contribution in [3.8, 4) is 39.4 Å². The third kappa shape index (κ3) is 9.78. The number of hydrogen-bond donors (Lipinski definition) is 3. The third-order valence-corrected chi connectivity index (χ3v) is 10.6. The first kappa shape index (κ1) is 42.9. The molecule has 1 aliphatic heterocycles. The van der Waals surface area contributed by atoms with Gasteiger partial charge in [0.15, 0.2) is 0 Å². The Labute approximate surface area is 351 Å². The summed E-state index contributed by atoms with van der Waals surface area (Å²) >= 11 is 14.3. The number of ether oxygens (including phenoxy) is 3. The van der Waals surface area contributed by atoms with Gasteiger partial charge in [0, 0.05) is 52.4 Å². The van der Waals surface area contributed by atoms with Crippen molar-refractivity contribution < 1.29 is 33.7 Å². The fraction of sp³-hybridized carbons (Fsp3) is 0.349. The predicted octanol–water partition coefficient (Wildman–Crippen LogP) is 7.12. The van der Waals surface area contributed by atoms with Crippen LogP contribution in [0.15, 0.2) is 71.7 Å². The van der Waals surface area contributed by atoms with E-state index in [0.717, 1.165) is 0 Å². The van der Waals surface area contributed by atoms with E-state index in [1.54, 1.807) is 65.1 Å². The maximum Gasteiger partial charge on any atom is 0.410 e. The van der Waals surface area contributed by atoms with E-state index in [0.29, 0.717) is 78.9 Å². The summed E-state index contributed by atoms with van der Waals surface area (Å²) in [6.07, 6.45) is -0.496. The van der Waals surface area contributed by atoms with Crippen LogP contribution in [0.5, 0.6) is 5.88 Å². The van der Waals surface area contributed by atoms with Gasteiger partial charge in [0.25, 0.3) is 5.56 Å². The Bertz CT molecular complexity index is 2480. The summed E-state index contributed by atoms with van der Waals surface area (Å²) in [4.78, 5) is 61.1. The Balaban J connectivity index is 1.32. The van der Waals surface area contributed by atoms with Crippen molar-refractivity contribution in [1.29, 1.82) is 0 Å². The summed E-state index contributed by atoms with van der Waals surface area (Å²) in [5.41, 5.74) is 9.72. The van der Waals surface area contributed by atoms with Gasteiger partial charge >= 0.3 is 12.2 Å². The molecule has 2 aromatic carbocycles. The number of hydrogen-bond acceptors (Lipinski definition) is 10. The highest BCUT2D eigenvalue weighted by molar-refractivity contribution is 6.39. The van der Waals surface area contributed by atoms with Crippen LogP contribution in [0.1, 0.15) is 57.4 Å². The number of nitrogens with zero attached hydrogens (tertiary/aromatic N) is 4. The summed E-state index contributed by atoms with van der Waals surface area (Å²) in [5.74, 6) is 0.160. The minimum absolute atomic E-state index is 0.0207. The topological polar surface area (TPSA) is 188 Å². The second-order valence-corrected chi connectivity index (χ2v) is 16.2. The van der Waals surface area contributed by atoms with E-state index >= 15 is 0 Å². The van der Waals surface area contributed by atoms with E-state index in [1.807, 2.05) is 36.4 Å². The van der Waals surface area contributed by atoms with Gasteiger partial charge in [-0.3, -0.25) is 18.9 Å². The SMILES string of the molecule is COc1nc(-c2cccc(-c3cccc(-c4ccn5c(=O)c(C)c(CN(C[C@H](C)O)C(=O)OC(C)(C)C)nc5c4)c3Cl)c2Cl)ccc1CC(OC(N)=O)[C@@H]1CCC(=O)N1. The molecule has 0 spiro atoms. The largest absolute Gasteiger partial charge is 0.481 e. The first-order valence-corrected chi connectivity index (χ1v) is 19.7. The van der Waals surface area contributed by atoms with Crippen LogP contribution in [0.3, 0.4) is 0 Å². The first-order chi connectivity index (χ1) is 27.9. The van der Waals surface area contributed by atoms with Crippen molar-refractivity contribution in [3.63, 3.8) is 0 Å². The zero-order chi connectivity index (χ0) is 42.8. The highest BCUT2D eigenvalue weighted by Gasteiger charge is 2.32. The van der Waals surface area contributed by atoms with Crippen molar-refractivity contribution in [2.24, 2.45) is 5.73 Å². The van der Waals surface area contributed by atoms with E-state index in [-0.39, 0.29) is 36.9 Å². The van der Waals surface area contributed by atoms with Gasteiger partial charge in [-0.05, 0) is 64.8 Å². The van der Waals surface area contributed by atoms with Crippen molar-refractivity contribution in [3.05, 3.63) is 104 Å². The molecule has 3 amide bonds. The number of fused-ring (bicyclic) bond motifs is 1. The summed E-state index contributed by atoms with van der Waals surface area (Å²) in [6, 6.07) is 17.8. The van der Waals surface area contributed by atoms with Crippen LogP contribution < -0.4 is 21.3 Å². The van der Waals surface area contributed by atoms with Gasteiger partial charge in [-0.25, -0.2) is 19.6 Å². The molecule has 0 bridgehead atoms. The van der Waals surface area contributed by atoms with E-state index in [2.05, 4.69) is 5.32 Å². The molecule has 1 unspecified atom stereocenters. The zero-order valence-corrected chi connectivity index (χ0v) is 35.1. The molecule has 3 aromatic heterocycles. The fourth-order valence-corrected chi connectivity index (χ4v) is 7.69. The molecule has 3 atom stereocenters. The summed E-state index contributed by atoms with van der Waals surface area (Å²) < 4.78 is 18.0. The molecule has 0 radical (unpaired) electrons. The van der Waals surface area contributed by atoms with Gasteiger partial charge in [-0.2, -0.15) is 0 Å². The molecule has 310 valence electrons. The number of nitrogens with one attached hydrogen (secondary N) is 1. The maximum absolute atomic E-state index is 13.6. The van der Waals surface area contributed by atoms with Crippen LogP contribution in [0.2, 0.25) is 10.0 Å². The summed E-state index contributed by atoms with van der Waals surface area (Å²) in [5, 5.41) is 13.8. The molecular weight excluding hydrogens is 799 g/mol. The van der Waals surface area contributed by atoms with Crippen LogP contribution in [0, 0.1) is 6.92 Å². The number of aliphatic hydroxyl groups excluding tert-OH is 1. The molecule has 1 saturated heterocycles. The number of primary amides is 1. The van der Waals surface area contributed by atoms with Gasteiger partial charge in [0.2, 0.25) is 11.8 Å². The molecule has 14 nitrogen and oxygen atoms in total. The van der Waals surface area contributed by atoms with E-state index in [1.165, 1.54) is 16.4 Å². The van der Waals surface area contributed by atoms with Gasteiger partial charge < -0.3 is 30.4 Å². The number of carbonyl (C=O) groups is 3. The van der Waals surface area contributed by atoms with Crippen LogP contribution in [0.4, 0.5) is 9.59 Å². The number of nitrogens with two attached hydrogens (primary N) is 1. The molecule has 0 saturated carbocycles. The normalized spacial score (nSPS) is 15.1. The van der Waals surface area contributed by atoms with Gasteiger partial charge in [0.1, 0.15) is 17.4 Å². The van der Waals surface area contributed by atoms with E-state index in [4.69, 9.17) is 53.1 Å². The maximum atomic E-state index is 13.6. The Morgan fingerprint density at radius 3 is 2.29 bits per heavy atom. The molecule has 59 heavy (non-hydrogen) atoms.